The third-order valence-corrected chi connectivity index (χ3v) is 3.99. The van der Waals surface area contributed by atoms with Crippen LogP contribution in [-0.2, 0) is 23.9 Å². The van der Waals surface area contributed by atoms with Crippen molar-refractivity contribution in [2.24, 2.45) is 23.7 Å². The third kappa shape index (κ3) is 2.45. The molecule has 19 heavy (non-hydrogen) atoms. The van der Waals surface area contributed by atoms with Gasteiger partial charge in [-0.1, -0.05) is 0 Å². The monoisotopic (exact) mass is 270 g/mol. The van der Waals surface area contributed by atoms with Gasteiger partial charge in [0.1, 0.15) is 0 Å². The van der Waals surface area contributed by atoms with E-state index in [1.807, 2.05) is 0 Å². The maximum atomic E-state index is 11.6. The highest BCUT2D eigenvalue weighted by Gasteiger charge is 2.46. The highest BCUT2D eigenvalue weighted by molar-refractivity contribution is 5.93. The molecule has 4 atom stereocenters. The highest BCUT2D eigenvalue weighted by atomic mass is 16.6. The first-order valence-electron chi connectivity index (χ1n) is 6.13. The molecule has 2 aliphatic rings. The number of carbonyl (C=O) groups excluding carboxylic acids is 2. The van der Waals surface area contributed by atoms with Crippen LogP contribution in [0, 0.1) is 23.7 Å². The summed E-state index contributed by atoms with van der Waals surface area (Å²) in [5, 5.41) is 17.6. The maximum Gasteiger partial charge on any atom is 0.317 e. The van der Waals surface area contributed by atoms with Crippen molar-refractivity contribution in [3.8, 4) is 0 Å². The second-order valence-electron chi connectivity index (χ2n) is 5.00. The molecule has 0 aromatic carbocycles. The van der Waals surface area contributed by atoms with E-state index in [2.05, 4.69) is 4.74 Å². The van der Waals surface area contributed by atoms with Gasteiger partial charge in [0.2, 0.25) is 0 Å². The molecule has 2 N–H and O–H groups in total. The lowest BCUT2D eigenvalue weighted by Gasteiger charge is -2.33. The predicted molar refractivity (Wildman–Crippen MR) is 58.8 cm³/mol. The molecule has 0 spiro atoms. The van der Waals surface area contributed by atoms with E-state index in [1.54, 1.807) is 0 Å². The van der Waals surface area contributed by atoms with E-state index in [-0.39, 0.29) is 0 Å². The van der Waals surface area contributed by atoms with Crippen LogP contribution in [0.2, 0.25) is 0 Å². The van der Waals surface area contributed by atoms with E-state index in [0.717, 1.165) is 0 Å². The lowest BCUT2D eigenvalue weighted by atomic mass is 9.73. The summed E-state index contributed by atoms with van der Waals surface area (Å²) in [7, 11) is 0. The normalized spacial score (nSPS) is 32.6. The molecular formula is C12H14O7. The van der Waals surface area contributed by atoms with Gasteiger partial charge in [-0.3, -0.25) is 19.2 Å². The molecule has 2 saturated carbocycles. The predicted octanol–water partition coefficient (Wildman–Crippen LogP) is 0.278. The van der Waals surface area contributed by atoms with Crippen LogP contribution in [0.3, 0.4) is 0 Å². The Bertz CT molecular complexity index is 401. The Morgan fingerprint density at radius 3 is 1.21 bits per heavy atom. The zero-order valence-electron chi connectivity index (χ0n) is 10.1. The smallest absolute Gasteiger partial charge is 0.317 e. The molecule has 2 fully saturated rings. The number of carboxylic acids is 2. The molecule has 0 aliphatic heterocycles. The SMILES string of the molecule is O=C(O)C1CCC1C(=O)OC(=O)C1CCC1C(=O)O. The first-order chi connectivity index (χ1) is 8.91. The summed E-state index contributed by atoms with van der Waals surface area (Å²) in [4.78, 5) is 44.7. The van der Waals surface area contributed by atoms with Crippen LogP contribution in [0.5, 0.6) is 0 Å². The average Bonchev–Trinajstić information content (AvgIpc) is 2.09. The van der Waals surface area contributed by atoms with Crippen LogP contribution in [0.4, 0.5) is 0 Å². The van der Waals surface area contributed by atoms with E-state index < -0.39 is 47.5 Å². The van der Waals surface area contributed by atoms with Crippen LogP contribution in [-0.4, -0.2) is 34.1 Å². The number of carboxylic acid groups (broad SMARTS) is 2. The van der Waals surface area contributed by atoms with Crippen molar-refractivity contribution >= 4 is 23.9 Å². The van der Waals surface area contributed by atoms with Gasteiger partial charge in [0, 0.05) is 0 Å². The fourth-order valence-electron chi connectivity index (χ4n) is 2.41. The summed E-state index contributed by atoms with van der Waals surface area (Å²) < 4.78 is 4.61. The fraction of sp³-hybridized carbons (Fsp3) is 0.667. The number of hydrogen-bond donors (Lipinski definition) is 2. The Morgan fingerprint density at radius 2 is 1.00 bits per heavy atom. The second-order valence-corrected chi connectivity index (χ2v) is 5.00. The number of hydrogen-bond acceptors (Lipinski definition) is 5. The Hall–Kier alpha value is -1.92. The molecule has 104 valence electrons. The minimum absolute atomic E-state index is 0.385. The van der Waals surface area contributed by atoms with Gasteiger partial charge < -0.3 is 14.9 Å². The number of ether oxygens (including phenoxy) is 1. The molecule has 0 amide bonds. The molecule has 2 rings (SSSR count). The van der Waals surface area contributed by atoms with Gasteiger partial charge in [-0.25, -0.2) is 0 Å². The van der Waals surface area contributed by atoms with Crippen molar-refractivity contribution in [2.45, 2.75) is 25.7 Å². The molecule has 0 aromatic rings. The quantitative estimate of drug-likeness (QED) is 0.556. The van der Waals surface area contributed by atoms with Crippen molar-refractivity contribution < 1.29 is 34.1 Å². The third-order valence-electron chi connectivity index (χ3n) is 3.99. The van der Waals surface area contributed by atoms with Crippen LogP contribution < -0.4 is 0 Å². The molecule has 7 heteroatoms. The second kappa shape index (κ2) is 4.99. The average molecular weight is 270 g/mol. The summed E-state index contributed by atoms with van der Waals surface area (Å²) in [5.41, 5.74) is 0. The van der Waals surface area contributed by atoms with Gasteiger partial charge >= 0.3 is 23.9 Å². The summed E-state index contributed by atoms with van der Waals surface area (Å²) >= 11 is 0. The Morgan fingerprint density at radius 1 is 0.684 bits per heavy atom. The van der Waals surface area contributed by atoms with Gasteiger partial charge in [0.25, 0.3) is 0 Å². The molecule has 0 heterocycles. The number of esters is 2. The van der Waals surface area contributed by atoms with Crippen LogP contribution >= 0.6 is 0 Å². The van der Waals surface area contributed by atoms with E-state index in [4.69, 9.17) is 10.2 Å². The lowest BCUT2D eigenvalue weighted by Crippen LogP contribution is -2.43. The number of carbonyl (C=O) groups is 4. The van der Waals surface area contributed by atoms with Crippen molar-refractivity contribution in [2.75, 3.05) is 0 Å². The minimum Gasteiger partial charge on any atom is -0.481 e. The van der Waals surface area contributed by atoms with E-state index in [1.165, 1.54) is 0 Å². The molecule has 0 bridgehead atoms. The Labute approximate surface area is 108 Å². The largest absolute Gasteiger partial charge is 0.481 e. The van der Waals surface area contributed by atoms with Crippen molar-refractivity contribution in [3.05, 3.63) is 0 Å². The standard InChI is InChI=1S/C12H14O7/c13-9(14)5-1-3-7(5)11(17)19-12(18)8-4-2-6(8)10(15)16/h5-8H,1-4H2,(H,13,14)(H,15,16). The summed E-state index contributed by atoms with van der Waals surface area (Å²) in [6, 6.07) is 0. The van der Waals surface area contributed by atoms with Crippen LogP contribution in [0.1, 0.15) is 25.7 Å². The van der Waals surface area contributed by atoms with Crippen molar-refractivity contribution in [3.63, 3.8) is 0 Å². The first kappa shape index (κ1) is 13.5. The van der Waals surface area contributed by atoms with Gasteiger partial charge in [0.15, 0.2) is 0 Å². The number of rotatable bonds is 4. The van der Waals surface area contributed by atoms with Gasteiger partial charge in [0.05, 0.1) is 23.7 Å². The molecule has 7 nitrogen and oxygen atoms in total. The zero-order chi connectivity index (χ0) is 14.2. The molecule has 0 radical (unpaired) electrons. The molecule has 4 unspecified atom stereocenters. The van der Waals surface area contributed by atoms with E-state index >= 15 is 0 Å². The maximum absolute atomic E-state index is 11.6. The topological polar surface area (TPSA) is 118 Å². The lowest BCUT2D eigenvalue weighted by molar-refractivity contribution is -0.178. The van der Waals surface area contributed by atoms with Gasteiger partial charge in [-0.15, -0.1) is 0 Å². The van der Waals surface area contributed by atoms with Crippen LogP contribution in [0.15, 0.2) is 0 Å². The summed E-state index contributed by atoms with van der Waals surface area (Å²) in [5.74, 6) is -7.01. The van der Waals surface area contributed by atoms with E-state index in [0.29, 0.717) is 25.7 Å². The molecular weight excluding hydrogens is 256 g/mol. The van der Waals surface area contributed by atoms with Gasteiger partial charge in [-0.05, 0) is 25.7 Å². The fourth-order valence-corrected chi connectivity index (χ4v) is 2.41. The molecule has 0 aromatic heterocycles. The zero-order valence-corrected chi connectivity index (χ0v) is 10.1. The number of aliphatic carboxylic acids is 2. The van der Waals surface area contributed by atoms with Crippen molar-refractivity contribution in [1.29, 1.82) is 0 Å². The van der Waals surface area contributed by atoms with E-state index in [9.17, 15) is 19.2 Å². The highest BCUT2D eigenvalue weighted by Crippen LogP contribution is 2.38. The summed E-state index contributed by atoms with van der Waals surface area (Å²) in [6.07, 6.45) is 1.56. The first-order valence-corrected chi connectivity index (χ1v) is 6.13. The molecule has 2 aliphatic carbocycles. The Balaban J connectivity index is 1.88. The summed E-state index contributed by atoms with van der Waals surface area (Å²) in [6.45, 7) is 0. The minimum atomic E-state index is -1.08. The van der Waals surface area contributed by atoms with Crippen molar-refractivity contribution in [1.82, 2.24) is 0 Å². The van der Waals surface area contributed by atoms with Crippen LogP contribution in [0.25, 0.3) is 0 Å². The molecule has 0 saturated heterocycles. The Kier molecular flexibility index (Phi) is 3.55. The van der Waals surface area contributed by atoms with Gasteiger partial charge in [-0.2, -0.15) is 0 Å².